The van der Waals surface area contributed by atoms with Crippen molar-refractivity contribution in [3.63, 3.8) is 0 Å². The van der Waals surface area contributed by atoms with E-state index >= 15 is 0 Å². The van der Waals surface area contributed by atoms with Gasteiger partial charge in [0.05, 0.1) is 18.2 Å². The highest BCUT2D eigenvalue weighted by molar-refractivity contribution is 5.89. The minimum Gasteiger partial charge on any atom is -0.465 e. The molecule has 5 heteroatoms. The molecule has 0 aliphatic carbocycles. The normalized spacial score (nSPS) is 9.76. The lowest BCUT2D eigenvalue weighted by atomic mass is 10.1. The molecule has 0 N–H and O–H groups in total. The van der Waals surface area contributed by atoms with E-state index in [1.165, 1.54) is 7.11 Å². The Morgan fingerprint density at radius 1 is 1.33 bits per heavy atom. The minimum atomic E-state index is -0.355. The number of anilines is 1. The van der Waals surface area contributed by atoms with Gasteiger partial charge in [-0.05, 0) is 29.8 Å². The summed E-state index contributed by atoms with van der Waals surface area (Å²) in [6.45, 7) is 0.590. The average molecular weight is 281 g/mol. The van der Waals surface area contributed by atoms with Crippen LogP contribution in [0.5, 0.6) is 0 Å². The molecular formula is C16H15N3O2. The third-order valence-corrected chi connectivity index (χ3v) is 3.06. The Bertz CT molecular complexity index is 675. The van der Waals surface area contributed by atoms with Gasteiger partial charge in [-0.15, -0.1) is 0 Å². The number of aromatic nitrogens is 1. The molecule has 0 saturated carbocycles. The summed E-state index contributed by atoms with van der Waals surface area (Å²) in [6.07, 6.45) is 1.66. The number of nitriles is 1. The van der Waals surface area contributed by atoms with Crippen LogP contribution in [0.3, 0.4) is 0 Å². The fraction of sp³-hybridized carbons (Fsp3) is 0.188. The van der Waals surface area contributed by atoms with E-state index in [9.17, 15) is 4.79 Å². The monoisotopic (exact) mass is 281 g/mol. The first kappa shape index (κ1) is 14.5. The van der Waals surface area contributed by atoms with Crippen LogP contribution in [0.15, 0.2) is 42.6 Å². The van der Waals surface area contributed by atoms with E-state index in [4.69, 9.17) is 5.26 Å². The maximum absolute atomic E-state index is 11.4. The Morgan fingerprint density at radius 2 is 2.05 bits per heavy atom. The van der Waals surface area contributed by atoms with Gasteiger partial charge >= 0.3 is 5.97 Å². The summed E-state index contributed by atoms with van der Waals surface area (Å²) >= 11 is 0. The molecule has 2 rings (SSSR count). The number of carbonyl (C=O) groups is 1. The largest absolute Gasteiger partial charge is 0.465 e. The molecule has 0 fully saturated rings. The van der Waals surface area contributed by atoms with Gasteiger partial charge in [-0.1, -0.05) is 12.1 Å². The van der Waals surface area contributed by atoms with Crippen LogP contribution >= 0.6 is 0 Å². The Balaban J connectivity index is 2.14. The van der Waals surface area contributed by atoms with Gasteiger partial charge in [-0.25, -0.2) is 9.78 Å². The van der Waals surface area contributed by atoms with Crippen molar-refractivity contribution >= 4 is 11.8 Å². The van der Waals surface area contributed by atoms with Crippen LogP contribution in [-0.2, 0) is 11.3 Å². The summed E-state index contributed by atoms with van der Waals surface area (Å²) in [7, 11) is 3.23. The molecule has 0 aliphatic heterocycles. The molecule has 0 atom stereocenters. The second-order valence-corrected chi connectivity index (χ2v) is 4.53. The van der Waals surface area contributed by atoms with Crippen molar-refractivity contribution in [1.82, 2.24) is 4.98 Å². The van der Waals surface area contributed by atoms with Crippen LogP contribution in [0.25, 0.3) is 0 Å². The molecule has 0 radical (unpaired) electrons. The predicted octanol–water partition coefficient (Wildman–Crippen LogP) is 2.38. The zero-order valence-corrected chi connectivity index (χ0v) is 11.9. The lowest BCUT2D eigenvalue weighted by Gasteiger charge is -2.19. The van der Waals surface area contributed by atoms with Gasteiger partial charge in [0.2, 0.25) is 0 Å². The van der Waals surface area contributed by atoms with E-state index in [1.807, 2.05) is 24.1 Å². The number of nitrogens with zero attached hydrogens (tertiary/aromatic N) is 3. The predicted molar refractivity (Wildman–Crippen MR) is 78.8 cm³/mol. The van der Waals surface area contributed by atoms with Gasteiger partial charge in [0, 0.05) is 19.8 Å². The third-order valence-electron chi connectivity index (χ3n) is 3.06. The molecule has 1 aromatic carbocycles. The molecule has 1 aromatic heterocycles. The molecule has 0 spiro atoms. The summed E-state index contributed by atoms with van der Waals surface area (Å²) in [5.41, 5.74) is 2.06. The first-order valence-electron chi connectivity index (χ1n) is 6.39. The molecular weight excluding hydrogens is 266 g/mol. The molecule has 0 saturated heterocycles. The fourth-order valence-corrected chi connectivity index (χ4v) is 2.00. The van der Waals surface area contributed by atoms with E-state index in [-0.39, 0.29) is 5.97 Å². The number of ether oxygens (including phenoxy) is 1. The molecule has 21 heavy (non-hydrogen) atoms. The van der Waals surface area contributed by atoms with Crippen molar-refractivity contribution in [2.24, 2.45) is 0 Å². The third kappa shape index (κ3) is 3.37. The van der Waals surface area contributed by atoms with Gasteiger partial charge in [-0.3, -0.25) is 0 Å². The smallest absolute Gasteiger partial charge is 0.337 e. The lowest BCUT2D eigenvalue weighted by Crippen LogP contribution is -2.18. The minimum absolute atomic E-state index is 0.355. The van der Waals surface area contributed by atoms with Crippen molar-refractivity contribution < 1.29 is 9.53 Å². The van der Waals surface area contributed by atoms with Gasteiger partial charge in [-0.2, -0.15) is 5.26 Å². The fourth-order valence-electron chi connectivity index (χ4n) is 2.00. The summed E-state index contributed by atoms with van der Waals surface area (Å²) in [6, 6.07) is 12.8. The number of hydrogen-bond acceptors (Lipinski definition) is 5. The van der Waals surface area contributed by atoms with Crippen LogP contribution in [-0.4, -0.2) is 25.1 Å². The quantitative estimate of drug-likeness (QED) is 0.805. The summed E-state index contributed by atoms with van der Waals surface area (Å²) in [4.78, 5) is 17.5. The van der Waals surface area contributed by atoms with Crippen LogP contribution in [0.4, 0.5) is 5.82 Å². The highest BCUT2D eigenvalue weighted by atomic mass is 16.5. The zero-order valence-electron chi connectivity index (χ0n) is 11.9. The maximum atomic E-state index is 11.4. The molecule has 2 aromatic rings. The summed E-state index contributed by atoms with van der Waals surface area (Å²) < 4.78 is 4.66. The molecule has 5 nitrogen and oxygen atoms in total. The van der Waals surface area contributed by atoms with E-state index in [2.05, 4.69) is 15.8 Å². The summed E-state index contributed by atoms with van der Waals surface area (Å²) in [5.74, 6) is 0.281. The van der Waals surface area contributed by atoms with Crippen LogP contribution < -0.4 is 4.90 Å². The van der Waals surface area contributed by atoms with Gasteiger partial charge in [0.1, 0.15) is 11.9 Å². The van der Waals surface area contributed by atoms with Crippen LogP contribution in [0.2, 0.25) is 0 Å². The van der Waals surface area contributed by atoms with E-state index < -0.39 is 0 Å². The van der Waals surface area contributed by atoms with Crippen molar-refractivity contribution in [3.05, 3.63) is 59.3 Å². The first-order valence-corrected chi connectivity index (χ1v) is 6.39. The van der Waals surface area contributed by atoms with E-state index in [0.717, 1.165) is 5.56 Å². The number of carbonyl (C=O) groups excluding carboxylic acids is 1. The zero-order chi connectivity index (χ0) is 15.2. The number of benzene rings is 1. The standard InChI is InChI=1S/C16H15N3O2/c1-19(15-14(10-17)4-3-9-18-15)11-12-5-7-13(8-6-12)16(20)21-2/h3-9H,11H2,1-2H3. The molecule has 106 valence electrons. The number of hydrogen-bond donors (Lipinski definition) is 0. The number of methoxy groups -OCH3 is 1. The lowest BCUT2D eigenvalue weighted by molar-refractivity contribution is 0.0600. The van der Waals surface area contributed by atoms with Gasteiger partial charge in [0.25, 0.3) is 0 Å². The average Bonchev–Trinajstić information content (AvgIpc) is 2.54. The van der Waals surface area contributed by atoms with Gasteiger partial charge < -0.3 is 9.64 Å². The van der Waals surface area contributed by atoms with Crippen molar-refractivity contribution in [1.29, 1.82) is 5.26 Å². The highest BCUT2D eigenvalue weighted by Gasteiger charge is 2.10. The Labute approximate surface area is 123 Å². The van der Waals surface area contributed by atoms with Gasteiger partial charge in [0.15, 0.2) is 0 Å². The van der Waals surface area contributed by atoms with Crippen molar-refractivity contribution in [2.45, 2.75) is 6.54 Å². The maximum Gasteiger partial charge on any atom is 0.337 e. The second kappa shape index (κ2) is 6.53. The SMILES string of the molecule is COC(=O)c1ccc(CN(C)c2ncccc2C#N)cc1. The molecule has 0 bridgehead atoms. The van der Waals surface area contributed by atoms with Crippen molar-refractivity contribution in [3.8, 4) is 6.07 Å². The molecule has 1 heterocycles. The highest BCUT2D eigenvalue weighted by Crippen LogP contribution is 2.17. The summed E-state index contributed by atoms with van der Waals surface area (Å²) in [5, 5.41) is 9.09. The Hall–Kier alpha value is -2.87. The van der Waals surface area contributed by atoms with Crippen LogP contribution in [0.1, 0.15) is 21.5 Å². The Morgan fingerprint density at radius 3 is 2.67 bits per heavy atom. The number of rotatable bonds is 4. The topological polar surface area (TPSA) is 66.2 Å². The van der Waals surface area contributed by atoms with E-state index in [1.54, 1.807) is 30.5 Å². The van der Waals surface area contributed by atoms with Crippen molar-refractivity contribution in [2.75, 3.05) is 19.1 Å². The number of esters is 1. The first-order chi connectivity index (χ1) is 10.2. The van der Waals surface area contributed by atoms with Crippen LogP contribution in [0, 0.1) is 11.3 Å². The molecule has 0 unspecified atom stereocenters. The van der Waals surface area contributed by atoms with E-state index in [0.29, 0.717) is 23.5 Å². The Kier molecular flexibility index (Phi) is 4.52. The molecule has 0 amide bonds. The molecule has 0 aliphatic rings. The second-order valence-electron chi connectivity index (χ2n) is 4.53. The number of pyridine rings is 1.